The molecule has 194 valence electrons. The summed E-state index contributed by atoms with van der Waals surface area (Å²) in [7, 11) is -1.46. The van der Waals surface area contributed by atoms with Crippen molar-refractivity contribution in [3.8, 4) is 5.69 Å². The summed E-state index contributed by atoms with van der Waals surface area (Å²) in [5.41, 5.74) is 2.97. The van der Waals surface area contributed by atoms with Gasteiger partial charge in [-0.15, -0.1) is 0 Å². The van der Waals surface area contributed by atoms with Crippen LogP contribution in [-0.4, -0.2) is 51.9 Å². The van der Waals surface area contributed by atoms with E-state index in [2.05, 4.69) is 22.1 Å². The smallest absolute Gasteiger partial charge is 0.192 e. The van der Waals surface area contributed by atoms with Gasteiger partial charge in [0.1, 0.15) is 22.5 Å². The van der Waals surface area contributed by atoms with Gasteiger partial charge in [-0.3, -0.25) is 14.5 Å². The van der Waals surface area contributed by atoms with E-state index in [1.54, 1.807) is 52.2 Å². The SMILES string of the molecule is CCCn1cc(S(=O)N2CCC3=Cc4c(cnn4-c4ccc(F)cc4)CC3(C(=O)c3ccccn3)C2)cn1. The standard InChI is InChI=1S/C28H27FN6O2S/c1-2-12-33-18-24(17-31-33)38(37)34-13-10-21-14-26-20(16-32-35(26)23-8-6-22(29)7-9-23)15-28(21,19-34)27(36)25-5-3-4-11-30-25/h3-9,11,14,16-18H,2,10,12-13,15,19H2,1H3. The topological polar surface area (TPSA) is 85.9 Å². The molecule has 2 aliphatic rings. The van der Waals surface area contributed by atoms with Crippen molar-refractivity contribution in [3.63, 3.8) is 0 Å². The Balaban J connectivity index is 1.39. The molecule has 2 atom stereocenters. The van der Waals surface area contributed by atoms with Crippen LogP contribution < -0.4 is 0 Å². The van der Waals surface area contributed by atoms with E-state index < -0.39 is 16.4 Å². The normalized spacial score (nSPS) is 19.9. The van der Waals surface area contributed by atoms with E-state index in [9.17, 15) is 13.4 Å². The number of piperidine rings is 1. The number of carbonyl (C=O) groups excluding carboxylic acids is 1. The molecule has 10 heteroatoms. The molecule has 1 aliphatic carbocycles. The van der Waals surface area contributed by atoms with Crippen LogP contribution in [0.1, 0.15) is 41.5 Å². The molecule has 6 rings (SSSR count). The van der Waals surface area contributed by atoms with Crippen molar-refractivity contribution in [3.05, 3.63) is 95.6 Å². The van der Waals surface area contributed by atoms with Gasteiger partial charge < -0.3 is 0 Å². The third kappa shape index (κ3) is 4.23. The molecule has 0 saturated carbocycles. The van der Waals surface area contributed by atoms with Gasteiger partial charge >= 0.3 is 0 Å². The minimum atomic E-state index is -1.46. The summed E-state index contributed by atoms with van der Waals surface area (Å²) in [6, 6.07) is 11.5. The number of nitrogens with zero attached hydrogens (tertiary/aromatic N) is 6. The van der Waals surface area contributed by atoms with Crippen LogP contribution in [0.15, 0.2) is 77.7 Å². The summed E-state index contributed by atoms with van der Waals surface area (Å²) in [5, 5.41) is 8.92. The Kier molecular flexibility index (Phi) is 6.37. The Morgan fingerprint density at radius 1 is 1.13 bits per heavy atom. The molecule has 1 aliphatic heterocycles. The third-order valence-electron chi connectivity index (χ3n) is 7.28. The highest BCUT2D eigenvalue weighted by Gasteiger charge is 2.50. The van der Waals surface area contributed by atoms with Gasteiger partial charge in [0.15, 0.2) is 5.78 Å². The lowest BCUT2D eigenvalue weighted by Gasteiger charge is -2.44. The number of aryl methyl sites for hydroxylation is 1. The first kappa shape index (κ1) is 24.6. The highest BCUT2D eigenvalue weighted by Crippen LogP contribution is 2.46. The van der Waals surface area contributed by atoms with Crippen LogP contribution in [0.2, 0.25) is 0 Å². The first-order valence-corrected chi connectivity index (χ1v) is 13.8. The molecule has 4 heterocycles. The van der Waals surface area contributed by atoms with Crippen LogP contribution in [0.4, 0.5) is 4.39 Å². The Labute approximate surface area is 222 Å². The number of pyridine rings is 1. The highest BCUT2D eigenvalue weighted by atomic mass is 32.2. The average Bonchev–Trinajstić information content (AvgIpc) is 3.58. The van der Waals surface area contributed by atoms with Crippen LogP contribution in [0, 0.1) is 11.2 Å². The van der Waals surface area contributed by atoms with E-state index in [1.807, 2.05) is 22.6 Å². The lowest BCUT2D eigenvalue weighted by atomic mass is 9.65. The average molecular weight is 531 g/mol. The van der Waals surface area contributed by atoms with Gasteiger partial charge in [-0.25, -0.2) is 17.6 Å². The summed E-state index contributed by atoms with van der Waals surface area (Å²) in [5.74, 6) is -0.401. The lowest BCUT2D eigenvalue weighted by Crippen LogP contribution is -2.52. The summed E-state index contributed by atoms with van der Waals surface area (Å²) in [6.07, 6.45) is 10.8. The van der Waals surface area contributed by atoms with Crippen molar-refractivity contribution >= 4 is 22.8 Å². The minimum absolute atomic E-state index is 0.0899. The fourth-order valence-electron chi connectivity index (χ4n) is 5.42. The number of hydrogen-bond donors (Lipinski definition) is 0. The van der Waals surface area contributed by atoms with E-state index in [4.69, 9.17) is 0 Å². The summed E-state index contributed by atoms with van der Waals surface area (Å²) in [6.45, 7) is 3.65. The minimum Gasteiger partial charge on any atom is -0.291 e. The number of rotatable bonds is 7. The fraction of sp³-hybridized carbons (Fsp3) is 0.286. The van der Waals surface area contributed by atoms with E-state index in [0.29, 0.717) is 36.5 Å². The van der Waals surface area contributed by atoms with Gasteiger partial charge in [0, 0.05) is 32.0 Å². The fourth-order valence-corrected chi connectivity index (χ4v) is 6.66. The largest absolute Gasteiger partial charge is 0.291 e. The van der Waals surface area contributed by atoms with Gasteiger partial charge in [-0.1, -0.05) is 18.6 Å². The molecule has 0 N–H and O–H groups in total. The van der Waals surface area contributed by atoms with Gasteiger partial charge in [-0.2, -0.15) is 10.2 Å². The second kappa shape index (κ2) is 9.85. The van der Waals surface area contributed by atoms with Crippen LogP contribution in [0.25, 0.3) is 11.8 Å². The molecular formula is C28H27FN6O2S. The molecule has 1 saturated heterocycles. The Morgan fingerprint density at radius 3 is 2.74 bits per heavy atom. The second-order valence-electron chi connectivity index (χ2n) is 9.72. The maximum Gasteiger partial charge on any atom is 0.192 e. The zero-order valence-electron chi connectivity index (χ0n) is 21.0. The number of halogens is 1. The zero-order chi connectivity index (χ0) is 26.3. The van der Waals surface area contributed by atoms with E-state index >= 15 is 0 Å². The molecule has 0 amide bonds. The Hall–Kier alpha value is -3.76. The monoisotopic (exact) mass is 530 g/mol. The molecule has 0 spiro atoms. The molecule has 8 nitrogen and oxygen atoms in total. The number of benzene rings is 1. The van der Waals surface area contributed by atoms with Gasteiger partial charge in [0.05, 0.1) is 34.1 Å². The molecule has 0 radical (unpaired) electrons. The molecule has 4 aromatic rings. The maximum absolute atomic E-state index is 14.2. The molecule has 1 fully saturated rings. The number of Topliss-reactive ketones (excluding diaryl/α,β-unsaturated/α-hetero) is 1. The van der Waals surface area contributed by atoms with Gasteiger partial charge in [0.25, 0.3) is 0 Å². The molecule has 3 aromatic heterocycles. The molecular weight excluding hydrogens is 503 g/mol. The maximum atomic E-state index is 14.2. The van der Waals surface area contributed by atoms with Crippen LogP contribution >= 0.6 is 0 Å². The van der Waals surface area contributed by atoms with Crippen molar-refractivity contribution in [2.45, 2.75) is 37.6 Å². The van der Waals surface area contributed by atoms with Crippen molar-refractivity contribution < 1.29 is 13.4 Å². The number of aromatic nitrogens is 5. The van der Waals surface area contributed by atoms with Crippen molar-refractivity contribution in [1.29, 1.82) is 0 Å². The van der Waals surface area contributed by atoms with Crippen molar-refractivity contribution in [1.82, 2.24) is 28.9 Å². The summed E-state index contributed by atoms with van der Waals surface area (Å²) >= 11 is 0. The second-order valence-corrected chi connectivity index (χ2v) is 11.2. The number of fused-ring (bicyclic) bond motifs is 2. The van der Waals surface area contributed by atoms with Crippen LogP contribution in [-0.2, 0) is 24.0 Å². The van der Waals surface area contributed by atoms with E-state index in [1.165, 1.54) is 12.1 Å². The molecule has 1 aromatic carbocycles. The predicted molar refractivity (Wildman–Crippen MR) is 141 cm³/mol. The molecule has 2 unspecified atom stereocenters. The van der Waals surface area contributed by atoms with Gasteiger partial charge in [0.2, 0.25) is 0 Å². The Bertz CT molecular complexity index is 1550. The van der Waals surface area contributed by atoms with Crippen LogP contribution in [0.3, 0.4) is 0 Å². The van der Waals surface area contributed by atoms with Crippen LogP contribution in [0.5, 0.6) is 0 Å². The predicted octanol–water partition coefficient (Wildman–Crippen LogP) is 4.25. The van der Waals surface area contributed by atoms with E-state index in [-0.39, 0.29) is 11.6 Å². The molecule has 0 bridgehead atoms. The van der Waals surface area contributed by atoms with Crippen molar-refractivity contribution in [2.24, 2.45) is 5.41 Å². The zero-order valence-corrected chi connectivity index (χ0v) is 21.8. The first-order valence-electron chi connectivity index (χ1n) is 12.7. The molecule has 38 heavy (non-hydrogen) atoms. The quantitative estimate of drug-likeness (QED) is 0.334. The highest BCUT2D eigenvalue weighted by molar-refractivity contribution is 7.82. The first-order chi connectivity index (χ1) is 18.5. The number of hydrogen-bond acceptors (Lipinski definition) is 5. The Morgan fingerprint density at radius 2 is 1.97 bits per heavy atom. The van der Waals surface area contributed by atoms with Gasteiger partial charge in [-0.05, 0) is 67.3 Å². The third-order valence-corrected chi connectivity index (χ3v) is 8.68. The lowest BCUT2D eigenvalue weighted by molar-refractivity contribution is 0.0773. The number of ketones is 1. The van der Waals surface area contributed by atoms with E-state index in [0.717, 1.165) is 35.5 Å². The summed E-state index contributed by atoms with van der Waals surface area (Å²) < 4.78 is 32.6. The summed E-state index contributed by atoms with van der Waals surface area (Å²) in [4.78, 5) is 19.2. The van der Waals surface area contributed by atoms with Crippen molar-refractivity contribution in [2.75, 3.05) is 13.1 Å². The number of carbonyl (C=O) groups is 1.